The standard InChI is InChI=1S/C18H24N2O3/c1-4-23-16-8-7-15(10-14(16)12-19)20-17(21)18(22-3)9-5-6-13(2)11-18/h7-8,10,13H,4-6,9,11H2,1-3H3,(H,20,21)/t13-,18-/m1/s1. The predicted octanol–water partition coefficient (Wildman–Crippen LogP) is 3.49. The molecular formula is C18H24N2O3. The molecule has 1 aromatic carbocycles. The molecule has 0 spiro atoms. The summed E-state index contributed by atoms with van der Waals surface area (Å²) in [6, 6.07) is 7.19. The fourth-order valence-corrected chi connectivity index (χ4v) is 3.21. The molecule has 0 heterocycles. The Kier molecular flexibility index (Phi) is 5.62. The van der Waals surface area contributed by atoms with Gasteiger partial charge < -0.3 is 14.8 Å². The summed E-state index contributed by atoms with van der Waals surface area (Å²) in [5.41, 5.74) is 0.223. The van der Waals surface area contributed by atoms with E-state index in [9.17, 15) is 10.1 Å². The minimum atomic E-state index is -0.775. The van der Waals surface area contributed by atoms with Gasteiger partial charge in [-0.25, -0.2) is 0 Å². The van der Waals surface area contributed by atoms with Crippen molar-refractivity contribution < 1.29 is 14.3 Å². The van der Waals surface area contributed by atoms with E-state index in [2.05, 4.69) is 18.3 Å². The Balaban J connectivity index is 2.17. The summed E-state index contributed by atoms with van der Waals surface area (Å²) >= 11 is 0. The summed E-state index contributed by atoms with van der Waals surface area (Å²) in [6.07, 6.45) is 3.55. The van der Waals surface area contributed by atoms with Gasteiger partial charge in [0.15, 0.2) is 0 Å². The maximum Gasteiger partial charge on any atom is 0.256 e. The number of methoxy groups -OCH3 is 1. The zero-order valence-electron chi connectivity index (χ0n) is 14.0. The molecule has 1 aromatic rings. The van der Waals surface area contributed by atoms with Crippen molar-refractivity contribution in [2.45, 2.75) is 45.1 Å². The van der Waals surface area contributed by atoms with Crippen molar-refractivity contribution in [2.24, 2.45) is 5.92 Å². The van der Waals surface area contributed by atoms with Gasteiger partial charge in [-0.3, -0.25) is 4.79 Å². The van der Waals surface area contributed by atoms with Crippen molar-refractivity contribution in [3.8, 4) is 11.8 Å². The van der Waals surface area contributed by atoms with Gasteiger partial charge in [0.2, 0.25) is 0 Å². The summed E-state index contributed by atoms with van der Waals surface area (Å²) in [5.74, 6) is 0.852. The van der Waals surface area contributed by atoms with Crippen LogP contribution in [0.2, 0.25) is 0 Å². The molecule has 0 aromatic heterocycles. The summed E-state index contributed by atoms with van der Waals surface area (Å²) in [4.78, 5) is 12.7. The minimum Gasteiger partial charge on any atom is -0.492 e. The Bertz CT molecular complexity index is 609. The van der Waals surface area contributed by atoms with Crippen LogP contribution in [0.3, 0.4) is 0 Å². The largest absolute Gasteiger partial charge is 0.492 e. The van der Waals surface area contributed by atoms with E-state index in [1.165, 1.54) is 0 Å². The van der Waals surface area contributed by atoms with E-state index in [1.54, 1.807) is 25.3 Å². The van der Waals surface area contributed by atoms with E-state index in [0.29, 0.717) is 29.5 Å². The molecule has 5 heteroatoms. The summed E-state index contributed by atoms with van der Waals surface area (Å²) in [5, 5.41) is 12.1. The molecule has 1 aliphatic rings. The van der Waals surface area contributed by atoms with Gasteiger partial charge in [0.25, 0.3) is 5.91 Å². The summed E-state index contributed by atoms with van der Waals surface area (Å²) in [7, 11) is 1.59. The average molecular weight is 316 g/mol. The van der Waals surface area contributed by atoms with Crippen molar-refractivity contribution in [3.63, 3.8) is 0 Å². The highest BCUT2D eigenvalue weighted by molar-refractivity contribution is 5.97. The fourth-order valence-electron chi connectivity index (χ4n) is 3.21. The van der Waals surface area contributed by atoms with Crippen LogP contribution in [0.25, 0.3) is 0 Å². The SMILES string of the molecule is CCOc1ccc(NC(=O)[C@@]2(OC)CCC[C@@H](C)C2)cc1C#N. The van der Waals surface area contributed by atoms with Crippen LogP contribution < -0.4 is 10.1 Å². The second-order valence-electron chi connectivity index (χ2n) is 6.11. The van der Waals surface area contributed by atoms with E-state index < -0.39 is 5.60 Å². The molecule has 1 amide bonds. The number of anilines is 1. The van der Waals surface area contributed by atoms with E-state index in [4.69, 9.17) is 9.47 Å². The van der Waals surface area contributed by atoms with Crippen molar-refractivity contribution in [2.75, 3.05) is 19.0 Å². The number of nitrogens with one attached hydrogen (secondary N) is 1. The molecule has 5 nitrogen and oxygen atoms in total. The molecular weight excluding hydrogens is 292 g/mol. The number of nitriles is 1. The zero-order chi connectivity index (χ0) is 16.9. The Morgan fingerprint density at radius 1 is 1.52 bits per heavy atom. The molecule has 1 saturated carbocycles. The van der Waals surface area contributed by atoms with E-state index in [1.807, 2.05) is 6.92 Å². The zero-order valence-corrected chi connectivity index (χ0v) is 14.0. The van der Waals surface area contributed by atoms with Crippen LogP contribution in [-0.4, -0.2) is 25.2 Å². The van der Waals surface area contributed by atoms with Gasteiger partial charge in [-0.15, -0.1) is 0 Å². The lowest BCUT2D eigenvalue weighted by Crippen LogP contribution is -2.47. The number of amides is 1. The van der Waals surface area contributed by atoms with Gasteiger partial charge in [0.1, 0.15) is 17.4 Å². The first kappa shape index (κ1) is 17.3. The Morgan fingerprint density at radius 2 is 2.30 bits per heavy atom. The van der Waals surface area contributed by atoms with Crippen LogP contribution in [0.4, 0.5) is 5.69 Å². The monoisotopic (exact) mass is 316 g/mol. The number of carbonyl (C=O) groups is 1. The highest BCUT2D eigenvalue weighted by atomic mass is 16.5. The molecule has 0 radical (unpaired) electrons. The third-order valence-electron chi connectivity index (χ3n) is 4.42. The molecule has 124 valence electrons. The van der Waals surface area contributed by atoms with Crippen LogP contribution in [0, 0.1) is 17.2 Å². The van der Waals surface area contributed by atoms with Gasteiger partial charge in [0, 0.05) is 12.8 Å². The Hall–Kier alpha value is -2.06. The minimum absolute atomic E-state index is 0.139. The summed E-state index contributed by atoms with van der Waals surface area (Å²) in [6.45, 7) is 4.50. The number of rotatable bonds is 5. The summed E-state index contributed by atoms with van der Waals surface area (Å²) < 4.78 is 11.0. The van der Waals surface area contributed by atoms with Gasteiger partial charge in [-0.05, 0) is 50.3 Å². The quantitative estimate of drug-likeness (QED) is 0.902. The number of benzene rings is 1. The number of nitrogens with zero attached hydrogens (tertiary/aromatic N) is 1. The Labute approximate surface area is 137 Å². The second-order valence-corrected chi connectivity index (χ2v) is 6.11. The van der Waals surface area contributed by atoms with Crippen molar-refractivity contribution in [1.29, 1.82) is 5.26 Å². The molecule has 0 bridgehead atoms. The molecule has 2 atom stereocenters. The van der Waals surface area contributed by atoms with Crippen molar-refractivity contribution in [1.82, 2.24) is 0 Å². The predicted molar refractivity (Wildman–Crippen MR) is 88.3 cm³/mol. The fraction of sp³-hybridized carbons (Fsp3) is 0.556. The van der Waals surface area contributed by atoms with Crippen molar-refractivity contribution in [3.05, 3.63) is 23.8 Å². The van der Waals surface area contributed by atoms with E-state index in [0.717, 1.165) is 25.7 Å². The van der Waals surface area contributed by atoms with Crippen LogP contribution in [0.1, 0.15) is 45.1 Å². The smallest absolute Gasteiger partial charge is 0.256 e. The normalized spacial score (nSPS) is 23.8. The number of hydrogen-bond donors (Lipinski definition) is 1. The average Bonchev–Trinajstić information content (AvgIpc) is 2.56. The molecule has 0 saturated heterocycles. The van der Waals surface area contributed by atoms with Crippen LogP contribution >= 0.6 is 0 Å². The Morgan fingerprint density at radius 3 is 2.91 bits per heavy atom. The van der Waals surface area contributed by atoms with Crippen LogP contribution in [0.5, 0.6) is 5.75 Å². The first-order chi connectivity index (χ1) is 11.0. The maximum atomic E-state index is 12.7. The first-order valence-corrected chi connectivity index (χ1v) is 8.08. The molecule has 1 aliphatic carbocycles. The van der Waals surface area contributed by atoms with Crippen molar-refractivity contribution >= 4 is 11.6 Å². The third-order valence-corrected chi connectivity index (χ3v) is 4.42. The molecule has 0 aliphatic heterocycles. The van der Waals surface area contributed by atoms with E-state index in [-0.39, 0.29) is 5.91 Å². The van der Waals surface area contributed by atoms with Gasteiger partial charge >= 0.3 is 0 Å². The van der Waals surface area contributed by atoms with E-state index >= 15 is 0 Å². The third kappa shape index (κ3) is 3.83. The second kappa shape index (κ2) is 7.47. The first-order valence-electron chi connectivity index (χ1n) is 8.08. The lowest BCUT2D eigenvalue weighted by atomic mass is 9.78. The molecule has 0 unspecified atom stereocenters. The molecule has 1 fully saturated rings. The molecule has 23 heavy (non-hydrogen) atoms. The molecule has 2 rings (SSSR count). The van der Waals surface area contributed by atoms with Crippen LogP contribution in [0.15, 0.2) is 18.2 Å². The van der Waals surface area contributed by atoms with Gasteiger partial charge in [-0.1, -0.05) is 13.3 Å². The number of hydrogen-bond acceptors (Lipinski definition) is 4. The lowest BCUT2D eigenvalue weighted by Gasteiger charge is -2.37. The molecule has 1 N–H and O–H groups in total. The number of ether oxygens (including phenoxy) is 2. The maximum absolute atomic E-state index is 12.7. The highest BCUT2D eigenvalue weighted by Crippen LogP contribution is 2.36. The lowest BCUT2D eigenvalue weighted by molar-refractivity contribution is -0.143. The van der Waals surface area contributed by atoms with Gasteiger partial charge in [-0.2, -0.15) is 5.26 Å². The topological polar surface area (TPSA) is 71.3 Å². The highest BCUT2D eigenvalue weighted by Gasteiger charge is 2.42. The number of carbonyl (C=O) groups excluding carboxylic acids is 1. The van der Waals surface area contributed by atoms with Gasteiger partial charge in [0.05, 0.1) is 12.2 Å². The van der Waals surface area contributed by atoms with Crippen LogP contribution in [-0.2, 0) is 9.53 Å².